The van der Waals surface area contributed by atoms with E-state index < -0.39 is 0 Å². The van der Waals surface area contributed by atoms with Crippen LogP contribution in [-0.2, 0) is 4.79 Å². The summed E-state index contributed by atoms with van der Waals surface area (Å²) in [6.45, 7) is 9.82. The Balaban J connectivity index is 2.51. The van der Waals surface area contributed by atoms with Crippen molar-refractivity contribution >= 4 is 5.91 Å². The van der Waals surface area contributed by atoms with Crippen LogP contribution in [0, 0.1) is 5.92 Å². The van der Waals surface area contributed by atoms with Crippen LogP contribution in [0.1, 0.15) is 33.6 Å². The standard InChI is InChI=1S/C13H26N2O2/c1-4-14-7-5-12(6-8-14)13(17)15(9-10-16)11(2)3/h11-12,16H,4-10H2,1-3H3. The molecule has 4 nitrogen and oxygen atoms in total. The summed E-state index contributed by atoms with van der Waals surface area (Å²) in [7, 11) is 0. The number of hydrogen-bond donors (Lipinski definition) is 1. The predicted molar refractivity (Wildman–Crippen MR) is 68.8 cm³/mol. The van der Waals surface area contributed by atoms with E-state index in [1.165, 1.54) is 0 Å². The molecule has 0 aromatic carbocycles. The zero-order valence-electron chi connectivity index (χ0n) is 11.4. The molecule has 1 saturated heterocycles. The van der Waals surface area contributed by atoms with E-state index in [1.807, 2.05) is 18.7 Å². The van der Waals surface area contributed by atoms with Crippen molar-refractivity contribution in [2.45, 2.75) is 39.7 Å². The number of amides is 1. The van der Waals surface area contributed by atoms with Crippen LogP contribution >= 0.6 is 0 Å². The largest absolute Gasteiger partial charge is 0.395 e. The molecule has 0 bridgehead atoms. The number of aliphatic hydroxyl groups is 1. The lowest BCUT2D eigenvalue weighted by Gasteiger charge is -2.35. The summed E-state index contributed by atoms with van der Waals surface area (Å²) in [6.07, 6.45) is 1.92. The molecule has 1 N–H and O–H groups in total. The fourth-order valence-electron chi connectivity index (χ4n) is 2.46. The maximum absolute atomic E-state index is 12.3. The van der Waals surface area contributed by atoms with E-state index in [1.54, 1.807) is 0 Å². The summed E-state index contributed by atoms with van der Waals surface area (Å²) >= 11 is 0. The molecule has 1 aliphatic rings. The first kappa shape index (κ1) is 14.5. The summed E-state index contributed by atoms with van der Waals surface area (Å²) in [5.74, 6) is 0.386. The van der Waals surface area contributed by atoms with Gasteiger partial charge in [-0.3, -0.25) is 4.79 Å². The smallest absolute Gasteiger partial charge is 0.226 e. The molecule has 0 aromatic heterocycles. The molecule has 100 valence electrons. The molecular weight excluding hydrogens is 216 g/mol. The average Bonchev–Trinajstić information content (AvgIpc) is 2.35. The summed E-state index contributed by atoms with van der Waals surface area (Å²) in [5, 5.41) is 9.01. The van der Waals surface area contributed by atoms with Crippen molar-refractivity contribution in [3.63, 3.8) is 0 Å². The van der Waals surface area contributed by atoms with Crippen molar-refractivity contribution in [3.8, 4) is 0 Å². The summed E-state index contributed by atoms with van der Waals surface area (Å²) in [6, 6.07) is 0.179. The van der Waals surface area contributed by atoms with Gasteiger partial charge in [0.05, 0.1) is 6.61 Å². The molecule has 1 rings (SSSR count). The number of rotatable bonds is 5. The van der Waals surface area contributed by atoms with Gasteiger partial charge in [-0.25, -0.2) is 0 Å². The number of carbonyl (C=O) groups is 1. The molecule has 0 aromatic rings. The highest BCUT2D eigenvalue weighted by Gasteiger charge is 2.28. The Morgan fingerprint density at radius 3 is 2.41 bits per heavy atom. The molecule has 1 fully saturated rings. The lowest BCUT2D eigenvalue weighted by atomic mass is 9.95. The third-order valence-corrected chi connectivity index (χ3v) is 3.63. The number of carbonyl (C=O) groups excluding carboxylic acids is 1. The van der Waals surface area contributed by atoms with Crippen LogP contribution in [0.3, 0.4) is 0 Å². The number of aliphatic hydroxyl groups excluding tert-OH is 1. The van der Waals surface area contributed by atoms with Crippen LogP contribution in [0.4, 0.5) is 0 Å². The second kappa shape index (κ2) is 6.97. The minimum absolute atomic E-state index is 0.0533. The first-order valence-corrected chi connectivity index (χ1v) is 6.73. The lowest BCUT2D eigenvalue weighted by molar-refractivity contribution is -0.139. The Morgan fingerprint density at radius 1 is 1.41 bits per heavy atom. The van der Waals surface area contributed by atoms with Crippen molar-refractivity contribution in [2.75, 3.05) is 32.8 Å². The van der Waals surface area contributed by atoms with Gasteiger partial charge >= 0.3 is 0 Å². The molecular formula is C13H26N2O2. The van der Waals surface area contributed by atoms with Crippen LogP contribution in [0.15, 0.2) is 0 Å². The van der Waals surface area contributed by atoms with Gasteiger partial charge in [0.25, 0.3) is 0 Å². The van der Waals surface area contributed by atoms with Crippen LogP contribution in [0.25, 0.3) is 0 Å². The summed E-state index contributed by atoms with van der Waals surface area (Å²) in [5.41, 5.74) is 0. The van der Waals surface area contributed by atoms with Crippen LogP contribution in [0.2, 0.25) is 0 Å². The first-order chi connectivity index (χ1) is 8.10. The zero-order chi connectivity index (χ0) is 12.8. The van der Waals surface area contributed by atoms with E-state index in [0.29, 0.717) is 6.54 Å². The van der Waals surface area contributed by atoms with Crippen LogP contribution in [-0.4, -0.2) is 59.6 Å². The molecule has 0 saturated carbocycles. The predicted octanol–water partition coefficient (Wildman–Crippen LogP) is 0.948. The highest BCUT2D eigenvalue weighted by atomic mass is 16.3. The van der Waals surface area contributed by atoms with E-state index >= 15 is 0 Å². The quantitative estimate of drug-likeness (QED) is 0.780. The molecule has 1 amide bonds. The van der Waals surface area contributed by atoms with Crippen molar-refractivity contribution in [1.29, 1.82) is 0 Å². The maximum atomic E-state index is 12.3. The Labute approximate surface area is 105 Å². The highest BCUT2D eigenvalue weighted by molar-refractivity contribution is 5.79. The van der Waals surface area contributed by atoms with Crippen LogP contribution < -0.4 is 0 Å². The Kier molecular flexibility index (Phi) is 5.92. The van der Waals surface area contributed by atoms with E-state index in [4.69, 9.17) is 5.11 Å². The SMILES string of the molecule is CCN1CCC(C(=O)N(CCO)C(C)C)CC1. The van der Waals surface area contributed by atoms with Gasteiger partial charge in [-0.15, -0.1) is 0 Å². The van der Waals surface area contributed by atoms with Gasteiger partial charge in [-0.05, 0) is 46.3 Å². The number of hydrogen-bond acceptors (Lipinski definition) is 3. The lowest BCUT2D eigenvalue weighted by Crippen LogP contribution is -2.46. The highest BCUT2D eigenvalue weighted by Crippen LogP contribution is 2.20. The molecule has 0 atom stereocenters. The Morgan fingerprint density at radius 2 is 2.00 bits per heavy atom. The van der Waals surface area contributed by atoms with Gasteiger partial charge in [-0.2, -0.15) is 0 Å². The normalized spacial score (nSPS) is 18.6. The molecule has 1 heterocycles. The van der Waals surface area contributed by atoms with Gasteiger partial charge < -0.3 is 14.9 Å². The number of piperidine rings is 1. The maximum Gasteiger partial charge on any atom is 0.226 e. The number of nitrogens with zero attached hydrogens (tertiary/aromatic N) is 2. The summed E-state index contributed by atoms with van der Waals surface area (Å²) in [4.78, 5) is 16.5. The number of likely N-dealkylation sites (tertiary alicyclic amines) is 1. The zero-order valence-corrected chi connectivity index (χ0v) is 11.4. The monoisotopic (exact) mass is 242 g/mol. The molecule has 17 heavy (non-hydrogen) atoms. The molecule has 0 radical (unpaired) electrons. The fourth-order valence-corrected chi connectivity index (χ4v) is 2.46. The third kappa shape index (κ3) is 3.96. The van der Waals surface area contributed by atoms with E-state index in [-0.39, 0.29) is 24.5 Å². The third-order valence-electron chi connectivity index (χ3n) is 3.63. The minimum atomic E-state index is 0.0533. The first-order valence-electron chi connectivity index (χ1n) is 6.73. The van der Waals surface area contributed by atoms with Crippen molar-refractivity contribution in [1.82, 2.24) is 9.80 Å². The van der Waals surface area contributed by atoms with Gasteiger partial charge in [0, 0.05) is 18.5 Å². The average molecular weight is 242 g/mol. The molecule has 4 heteroatoms. The molecule has 1 aliphatic heterocycles. The van der Waals surface area contributed by atoms with Crippen molar-refractivity contribution < 1.29 is 9.90 Å². The van der Waals surface area contributed by atoms with Crippen molar-refractivity contribution in [2.24, 2.45) is 5.92 Å². The molecule has 0 unspecified atom stereocenters. The Hall–Kier alpha value is -0.610. The van der Waals surface area contributed by atoms with Crippen molar-refractivity contribution in [3.05, 3.63) is 0 Å². The topological polar surface area (TPSA) is 43.8 Å². The molecule has 0 aliphatic carbocycles. The van der Waals surface area contributed by atoms with Gasteiger partial charge in [0.15, 0.2) is 0 Å². The fraction of sp³-hybridized carbons (Fsp3) is 0.923. The van der Waals surface area contributed by atoms with Crippen LogP contribution in [0.5, 0.6) is 0 Å². The van der Waals surface area contributed by atoms with Gasteiger partial charge in [-0.1, -0.05) is 6.92 Å². The summed E-state index contributed by atoms with van der Waals surface area (Å²) < 4.78 is 0. The molecule has 0 spiro atoms. The minimum Gasteiger partial charge on any atom is -0.395 e. The van der Waals surface area contributed by atoms with E-state index in [0.717, 1.165) is 32.5 Å². The van der Waals surface area contributed by atoms with Gasteiger partial charge in [0.1, 0.15) is 0 Å². The van der Waals surface area contributed by atoms with E-state index in [2.05, 4.69) is 11.8 Å². The van der Waals surface area contributed by atoms with Gasteiger partial charge in [0.2, 0.25) is 5.91 Å². The second-order valence-corrected chi connectivity index (χ2v) is 5.06. The second-order valence-electron chi connectivity index (χ2n) is 5.06. The Bertz CT molecular complexity index is 236. The van der Waals surface area contributed by atoms with E-state index in [9.17, 15) is 4.79 Å².